The third kappa shape index (κ3) is 11.5. The monoisotopic (exact) mass is 919 g/mol. The molecule has 65 heavy (non-hydrogen) atoms. The van der Waals surface area contributed by atoms with E-state index in [1.807, 2.05) is 19.9 Å². The first kappa shape index (κ1) is 50.8. The molecule has 4 unspecified atom stereocenters. The summed E-state index contributed by atoms with van der Waals surface area (Å²) in [6.07, 6.45) is 7.99. The lowest BCUT2D eigenvalue weighted by molar-refractivity contribution is -0.321. The number of esters is 1. The summed E-state index contributed by atoms with van der Waals surface area (Å²) in [7, 11) is 0. The first-order chi connectivity index (χ1) is 30.8. The topological polar surface area (TPSA) is 212 Å². The van der Waals surface area contributed by atoms with E-state index >= 15 is 0 Å². The van der Waals surface area contributed by atoms with Gasteiger partial charge in [0.25, 0.3) is 0 Å². The Hall–Kier alpha value is -2.09. The van der Waals surface area contributed by atoms with Crippen LogP contribution in [-0.2, 0) is 42.7 Å². The van der Waals surface area contributed by atoms with Gasteiger partial charge < -0.3 is 68.5 Å². The van der Waals surface area contributed by atoms with Crippen LogP contribution >= 0.6 is 0 Å². The summed E-state index contributed by atoms with van der Waals surface area (Å²) < 4.78 is 50.9. The molecular formula is C50H78O15. The van der Waals surface area contributed by atoms with E-state index in [2.05, 4.69) is 33.1 Å². The summed E-state index contributed by atoms with van der Waals surface area (Å²) in [5, 5.41) is 64.7. The summed E-state index contributed by atoms with van der Waals surface area (Å²) in [5.41, 5.74) is -0.339. The Labute approximate surface area is 385 Å². The number of hydrogen-bond acceptors (Lipinski definition) is 15. The van der Waals surface area contributed by atoms with Crippen molar-refractivity contribution in [2.45, 2.75) is 221 Å². The largest absolute Gasteiger partial charge is 0.459 e. The van der Waals surface area contributed by atoms with E-state index in [1.165, 1.54) is 6.92 Å². The fraction of sp³-hybridized carbons (Fsp3) is 0.820. The van der Waals surface area contributed by atoms with E-state index in [0.717, 1.165) is 44.3 Å². The number of hydrogen-bond donors (Lipinski definition) is 6. The minimum Gasteiger partial charge on any atom is -0.459 e. The molecule has 0 saturated carbocycles. The zero-order valence-electron chi connectivity index (χ0n) is 39.3. The molecule has 3 spiro atoms. The van der Waals surface area contributed by atoms with Crippen molar-refractivity contribution in [3.8, 4) is 0 Å². The normalized spacial score (nSPS) is 41.7. The van der Waals surface area contributed by atoms with Crippen LogP contribution in [0.2, 0.25) is 0 Å². The maximum Gasteiger partial charge on any atom is 0.338 e. The highest BCUT2D eigenvalue weighted by Crippen LogP contribution is 2.47. The second-order valence-corrected chi connectivity index (χ2v) is 20.8. The molecule has 0 aromatic heterocycles. The molecule has 6 N–H and O–H groups in total. The first-order valence-corrected chi connectivity index (χ1v) is 24.4. The van der Waals surface area contributed by atoms with Crippen LogP contribution in [0.5, 0.6) is 0 Å². The molecule has 0 aromatic carbocycles. The quantitative estimate of drug-likeness (QED) is 0.0946. The Kier molecular flexibility index (Phi) is 16.3. The van der Waals surface area contributed by atoms with E-state index in [4.69, 9.17) is 43.0 Å². The van der Waals surface area contributed by atoms with Crippen LogP contribution in [0.25, 0.3) is 0 Å². The number of fused-ring (bicyclic) bond motifs is 1. The molecule has 7 rings (SSSR count). The van der Waals surface area contributed by atoms with Gasteiger partial charge >= 0.3 is 5.97 Å². The number of aliphatic hydroxyl groups is 6. The van der Waals surface area contributed by atoms with Crippen LogP contribution in [-0.4, -0.2) is 147 Å². The average molecular weight is 919 g/mol. The second-order valence-electron chi connectivity index (χ2n) is 20.8. The lowest BCUT2D eigenvalue weighted by Crippen LogP contribution is -2.60. The third-order valence-electron chi connectivity index (χ3n) is 15.2. The van der Waals surface area contributed by atoms with E-state index in [-0.39, 0.29) is 61.8 Å². The van der Waals surface area contributed by atoms with Gasteiger partial charge in [-0.15, -0.1) is 0 Å². The van der Waals surface area contributed by atoms with Gasteiger partial charge in [0.05, 0.1) is 49.3 Å². The molecule has 368 valence electrons. The van der Waals surface area contributed by atoms with Gasteiger partial charge in [-0.2, -0.15) is 0 Å². The van der Waals surface area contributed by atoms with Gasteiger partial charge in [0.15, 0.2) is 17.2 Å². The van der Waals surface area contributed by atoms with Gasteiger partial charge in [0.1, 0.15) is 31.0 Å². The van der Waals surface area contributed by atoms with E-state index in [9.17, 15) is 30.3 Å². The van der Waals surface area contributed by atoms with Gasteiger partial charge in [0.2, 0.25) is 5.79 Å². The Morgan fingerprint density at radius 2 is 1.75 bits per heavy atom. The summed E-state index contributed by atoms with van der Waals surface area (Å²) in [5.74, 6) is -3.53. The molecule has 15 heteroatoms. The van der Waals surface area contributed by atoms with E-state index < -0.39 is 77.8 Å². The number of carbonyl (C=O) groups excluding carboxylic acids is 1. The molecule has 18 atom stereocenters. The standard InChI is InChI=1S/C50H78O15/c1-29-24-40(63-50(26-29)41(54)13-12-36(62-50)27-47(7,57)46(56)58-28-33(5)37(52)17-22-51)30(2)10-11-35-15-20-49(61-35)21-16-39-45(65-49)42(55)34(6)44(60-39)38(53)25-32(4)43-31(3)14-19-48(64-43)18-8-9-23-59-48/h10-11,26,30-32,35-45,51-55,57H,5-6,8-9,12-25,27-28H2,1-4,7H3/b11-10+/t30-,31-,32+,35-,36+,37?,38+,39?,40+,41-,42-,43?,44+,45?,47-,48+,49-,50-/m1/s1. The lowest BCUT2D eigenvalue weighted by Gasteiger charge is -2.50. The van der Waals surface area contributed by atoms with Crippen molar-refractivity contribution in [3.63, 3.8) is 0 Å². The number of ether oxygens (including phenoxy) is 8. The molecule has 0 aliphatic carbocycles. The number of aliphatic hydroxyl groups excluding tert-OH is 5. The molecule has 0 bridgehead atoms. The smallest absolute Gasteiger partial charge is 0.338 e. The van der Waals surface area contributed by atoms with Crippen molar-refractivity contribution in [3.05, 3.63) is 48.1 Å². The van der Waals surface area contributed by atoms with Crippen molar-refractivity contribution in [2.24, 2.45) is 17.8 Å². The molecule has 0 amide bonds. The summed E-state index contributed by atoms with van der Waals surface area (Å²) in [6.45, 7) is 17.7. The zero-order valence-corrected chi connectivity index (χ0v) is 39.3. The summed E-state index contributed by atoms with van der Waals surface area (Å²) >= 11 is 0. The molecule has 7 aliphatic heterocycles. The highest BCUT2D eigenvalue weighted by Gasteiger charge is 2.55. The van der Waals surface area contributed by atoms with Gasteiger partial charge in [-0.05, 0) is 101 Å². The predicted molar refractivity (Wildman–Crippen MR) is 238 cm³/mol. The Morgan fingerprint density at radius 1 is 1.00 bits per heavy atom. The minimum atomic E-state index is -1.93. The van der Waals surface area contributed by atoms with Crippen LogP contribution in [0, 0.1) is 17.8 Å². The van der Waals surface area contributed by atoms with Gasteiger partial charge in [-0.3, -0.25) is 0 Å². The second kappa shape index (κ2) is 20.9. The van der Waals surface area contributed by atoms with Gasteiger partial charge in [-0.25, -0.2) is 4.79 Å². The molecular weight excluding hydrogens is 841 g/mol. The van der Waals surface area contributed by atoms with Crippen LogP contribution < -0.4 is 0 Å². The van der Waals surface area contributed by atoms with Crippen LogP contribution in [0.1, 0.15) is 131 Å². The van der Waals surface area contributed by atoms with Crippen molar-refractivity contribution in [1.29, 1.82) is 0 Å². The van der Waals surface area contributed by atoms with Crippen molar-refractivity contribution >= 4 is 5.97 Å². The number of rotatable bonds is 15. The first-order valence-electron chi connectivity index (χ1n) is 24.4. The Morgan fingerprint density at radius 3 is 2.49 bits per heavy atom. The highest BCUT2D eigenvalue weighted by atomic mass is 16.7. The SMILES string of the molecule is C=C(COC(=O)[C@](C)(O)C[C@@H]1CC[C@@H](O)[C@]2(C=C(C)C[C@@H]([C@H](C)/C=C/[C@@H]3CC[C@@]4(CCC5O[C@H]([C@@H](O)C[C@H](C)C6O[C@@]7(CCCCO7)CC[C@H]6C)C(=C)[C@@H](O)C5O4)O3)O2)O1)C(O)CCO. The zero-order chi connectivity index (χ0) is 46.9. The third-order valence-corrected chi connectivity index (χ3v) is 15.2. The van der Waals surface area contributed by atoms with Gasteiger partial charge in [-0.1, -0.05) is 51.7 Å². The van der Waals surface area contributed by atoms with Crippen LogP contribution in [0.3, 0.4) is 0 Å². The molecule has 6 fully saturated rings. The Balaban J connectivity index is 0.900. The maximum absolute atomic E-state index is 12.9. The predicted octanol–water partition coefficient (Wildman–Crippen LogP) is 4.97. The molecule has 15 nitrogen and oxygen atoms in total. The summed E-state index contributed by atoms with van der Waals surface area (Å²) in [6, 6.07) is 0. The Bertz CT molecular complexity index is 1720. The number of carbonyl (C=O) groups is 1. The molecule has 7 heterocycles. The molecule has 6 saturated heterocycles. The molecule has 0 radical (unpaired) electrons. The lowest BCUT2D eigenvalue weighted by atomic mass is 9.79. The fourth-order valence-electron chi connectivity index (χ4n) is 11.3. The maximum atomic E-state index is 12.9. The highest BCUT2D eigenvalue weighted by molar-refractivity contribution is 5.78. The average Bonchev–Trinajstić information content (AvgIpc) is 3.66. The van der Waals surface area contributed by atoms with Crippen molar-refractivity contribution < 1.29 is 73.3 Å². The van der Waals surface area contributed by atoms with Crippen molar-refractivity contribution in [2.75, 3.05) is 19.8 Å². The van der Waals surface area contributed by atoms with E-state index in [0.29, 0.717) is 62.9 Å². The van der Waals surface area contributed by atoms with E-state index in [1.54, 1.807) is 6.08 Å². The molecule has 0 aromatic rings. The minimum absolute atomic E-state index is 0.0394. The molecule has 7 aliphatic rings. The van der Waals surface area contributed by atoms with Crippen LogP contribution in [0.4, 0.5) is 0 Å². The fourth-order valence-corrected chi connectivity index (χ4v) is 11.3. The van der Waals surface area contributed by atoms with Crippen LogP contribution in [0.15, 0.2) is 48.1 Å². The summed E-state index contributed by atoms with van der Waals surface area (Å²) in [4.78, 5) is 12.9. The van der Waals surface area contributed by atoms with Crippen molar-refractivity contribution in [1.82, 2.24) is 0 Å². The van der Waals surface area contributed by atoms with Gasteiger partial charge in [0, 0.05) is 51.0 Å².